The van der Waals surface area contributed by atoms with E-state index in [9.17, 15) is 8.42 Å². The predicted molar refractivity (Wildman–Crippen MR) is 294 cm³/mol. The molecule has 0 atom stereocenters. The molecule has 0 aromatic rings. The van der Waals surface area contributed by atoms with Crippen LogP contribution in [0.2, 0.25) is 182 Å². The van der Waals surface area contributed by atoms with Crippen molar-refractivity contribution in [3.63, 3.8) is 0 Å². The zero-order chi connectivity index (χ0) is 51.1. The second-order valence-corrected chi connectivity index (χ2v) is 73.5. The summed E-state index contributed by atoms with van der Waals surface area (Å²) in [7, 11) is -34.4. The molecule has 0 saturated carbocycles. The Labute approximate surface area is 407 Å². The molecule has 0 aromatic carbocycles. The van der Waals surface area contributed by atoms with E-state index in [2.05, 4.69) is 136 Å². The number of rotatable bonds is 33. The highest BCUT2D eigenvalue weighted by Crippen LogP contribution is 2.33. The zero-order valence-corrected chi connectivity index (χ0v) is 59.5. The fraction of sp³-hybridized carbons (Fsp3) is 0.971. The average molecular weight is 1160 g/mol. The van der Waals surface area contributed by atoms with E-state index in [0.29, 0.717) is 6.42 Å². The van der Waals surface area contributed by atoms with Crippen LogP contribution < -0.4 is 0 Å². The van der Waals surface area contributed by atoms with Crippen LogP contribution in [0, 0.1) is 7.11 Å². The first kappa shape index (κ1) is 66.1. The van der Waals surface area contributed by atoms with Crippen molar-refractivity contribution in [2.45, 2.75) is 215 Å². The van der Waals surface area contributed by atoms with Gasteiger partial charge in [-0.25, -0.2) is 0 Å². The second kappa shape index (κ2) is 23.8. The van der Waals surface area contributed by atoms with Crippen molar-refractivity contribution in [3.8, 4) is 0 Å². The summed E-state index contributed by atoms with van der Waals surface area (Å²) in [6, 6.07) is 1.93. The van der Waals surface area contributed by atoms with Crippen LogP contribution >= 0.6 is 0 Å². The van der Waals surface area contributed by atoms with E-state index in [1.165, 1.54) is 6.42 Å². The largest absolute Gasteiger partial charge is 0.436 e. The third-order valence-electron chi connectivity index (χ3n) is 8.70. The van der Waals surface area contributed by atoms with Crippen LogP contribution in [0.5, 0.6) is 0 Å². The maximum atomic E-state index is 11.7. The maximum Gasteiger partial charge on any atom is 0.314 e. The van der Waals surface area contributed by atoms with Crippen LogP contribution in [0.1, 0.15) is 32.6 Å². The van der Waals surface area contributed by atoms with Crippen molar-refractivity contribution in [1.82, 2.24) is 0 Å². The van der Waals surface area contributed by atoms with Gasteiger partial charge in [-0.1, -0.05) is 30.4 Å². The summed E-state index contributed by atoms with van der Waals surface area (Å²) in [6.45, 7) is 56.5. The molecule has 0 radical (unpaired) electrons. The third kappa shape index (κ3) is 30.8. The quantitative estimate of drug-likeness (QED) is 0.0265. The van der Waals surface area contributed by atoms with E-state index in [-0.39, 0.29) is 5.75 Å². The Bertz CT molecular complexity index is 1560. The highest BCUT2D eigenvalue weighted by Gasteiger charge is 2.52. The summed E-state index contributed by atoms with van der Waals surface area (Å²) >= 11 is 0. The lowest BCUT2D eigenvalue weighted by Gasteiger charge is -2.45. The standard InChI is InChI=1S/C35H97O15SSi13/c1-29-30-34-52(3,4)39-54(7,8)41-56(11,12)43-58(15,16)45-60(19,20)47-62(23,24)49-64(27,28)50-63(25,26)48-61(21,22)46-59(17,18)44-57(13,14)42-55(9,10)40-53(5,6)35-32-31-33-51(36,37)38-2/h2,29-35H2,1,3-28H3/q+1. The molecule has 0 rings (SSSR count). The fourth-order valence-corrected chi connectivity index (χ4v) is 76.8. The Morgan fingerprint density at radius 1 is 0.312 bits per heavy atom. The Balaban J connectivity index is 5.60. The Hall–Kier alpha value is 2.12. The maximum absolute atomic E-state index is 11.7. The Kier molecular flexibility index (Phi) is 24.6. The fourth-order valence-electron chi connectivity index (χ4n) is 9.07. The molecule has 0 unspecified atom stereocenters. The Morgan fingerprint density at radius 2 is 0.500 bits per heavy atom. The molecule has 0 fully saturated rings. The van der Waals surface area contributed by atoms with Gasteiger partial charge in [-0.05, 0) is 189 Å². The van der Waals surface area contributed by atoms with Crippen LogP contribution in [-0.2, 0) is 63.7 Å². The lowest BCUT2D eigenvalue weighted by atomic mass is 10.4. The minimum Gasteiger partial charge on any atom is -0.436 e. The summed E-state index contributed by atoms with van der Waals surface area (Å²) in [5, 5.41) is 0. The molecule has 15 nitrogen and oxygen atoms in total. The van der Waals surface area contributed by atoms with Crippen molar-refractivity contribution >= 4 is 121 Å². The average Bonchev–Trinajstić information content (AvgIpc) is 2.90. The van der Waals surface area contributed by atoms with Gasteiger partial charge < -0.3 is 49.4 Å². The summed E-state index contributed by atoms with van der Waals surface area (Å²) in [5.74, 6) is -0.0531. The summed E-state index contributed by atoms with van der Waals surface area (Å²) in [6.07, 6.45) is 3.55. The molecule has 29 heteroatoms. The molecule has 0 amide bonds. The van der Waals surface area contributed by atoms with Crippen molar-refractivity contribution in [2.75, 3.05) is 5.75 Å². The molecule has 0 saturated heterocycles. The molecule has 0 aliphatic carbocycles. The van der Waals surface area contributed by atoms with Crippen molar-refractivity contribution < 1.29 is 62.0 Å². The van der Waals surface area contributed by atoms with Gasteiger partial charge in [0.25, 0.3) is 0 Å². The van der Waals surface area contributed by atoms with Crippen LogP contribution in [0.3, 0.4) is 0 Å². The minimum absolute atomic E-state index is 0.0531. The lowest BCUT2D eigenvalue weighted by Crippen LogP contribution is -2.63. The summed E-state index contributed by atoms with van der Waals surface area (Å²) in [5.41, 5.74) is 0. The van der Waals surface area contributed by atoms with E-state index >= 15 is 0 Å². The molecule has 0 N–H and O–H groups in total. The molecule has 0 aliphatic rings. The van der Waals surface area contributed by atoms with Crippen molar-refractivity contribution in [3.05, 3.63) is 7.11 Å². The lowest BCUT2D eigenvalue weighted by molar-refractivity contribution is 0.252. The van der Waals surface area contributed by atoms with Gasteiger partial charge in [0.15, 0.2) is 16.6 Å². The van der Waals surface area contributed by atoms with Crippen LogP contribution in [-0.4, -0.2) is 125 Å². The first-order valence-electron chi connectivity index (χ1n) is 22.9. The normalized spacial score (nSPS) is 15.6. The molecule has 64 heavy (non-hydrogen) atoms. The molecular weight excluding hydrogens is 1060 g/mol. The first-order chi connectivity index (χ1) is 27.8. The number of unbranched alkanes of at least 4 members (excludes halogenated alkanes) is 2. The summed E-state index contributed by atoms with van der Waals surface area (Å²) < 4.78 is 109. The van der Waals surface area contributed by atoms with Crippen molar-refractivity contribution in [2.24, 2.45) is 0 Å². The highest BCUT2D eigenvalue weighted by molar-refractivity contribution is 7.86. The van der Waals surface area contributed by atoms with E-state index in [0.717, 1.165) is 24.9 Å². The molecule has 0 aromatic heterocycles. The van der Waals surface area contributed by atoms with Gasteiger partial charge in [-0.15, -0.1) is 0 Å². The number of hydrogen-bond donors (Lipinski definition) is 0. The minimum atomic E-state index is -3.57. The van der Waals surface area contributed by atoms with Gasteiger partial charge in [-0.2, -0.15) is 8.42 Å². The van der Waals surface area contributed by atoms with Gasteiger partial charge >= 0.3 is 104 Å². The van der Waals surface area contributed by atoms with E-state index < -0.39 is 121 Å². The third-order valence-corrected chi connectivity index (χ3v) is 60.6. The second-order valence-electron chi connectivity index (χ2n) is 23.1. The highest BCUT2D eigenvalue weighted by atomic mass is 32.2. The first-order valence-corrected chi connectivity index (χ1v) is 61.7. The topological polar surface area (TPSA) is 154 Å². The van der Waals surface area contributed by atoms with Crippen LogP contribution in [0.15, 0.2) is 0 Å². The molecule has 384 valence electrons. The molecule has 0 aliphatic heterocycles. The molecule has 0 bridgehead atoms. The van der Waals surface area contributed by atoms with Gasteiger partial charge in [0.1, 0.15) is 0 Å². The van der Waals surface area contributed by atoms with E-state index in [1.807, 2.05) is 52.4 Å². The molecular formula is C35H97O15SSi13+. The van der Waals surface area contributed by atoms with Crippen molar-refractivity contribution in [1.29, 1.82) is 0 Å². The molecule has 0 heterocycles. The van der Waals surface area contributed by atoms with Gasteiger partial charge in [0.2, 0.25) is 7.11 Å². The van der Waals surface area contributed by atoms with Gasteiger partial charge in [0.05, 0.1) is 5.75 Å². The monoisotopic (exact) mass is 1150 g/mol. The number of hydrogen-bond acceptors (Lipinski definition) is 15. The zero-order valence-electron chi connectivity index (χ0n) is 45.7. The van der Waals surface area contributed by atoms with Crippen LogP contribution in [0.4, 0.5) is 0 Å². The summed E-state index contributed by atoms with van der Waals surface area (Å²) in [4.78, 5) is 0. The smallest absolute Gasteiger partial charge is 0.314 e. The predicted octanol–water partition coefficient (Wildman–Crippen LogP) is 12.0. The SMILES string of the molecule is [CH2+]OS(=O)(=O)CCCC[Si](C)(C)O[Si](C)(C)O[Si](C)(C)O[Si](C)(C)O[Si](C)(C)O[Si](C)(C)O[Si](C)(C)O[Si](C)(C)O[Si](C)(C)O[Si](C)(C)O[Si](C)(C)O[Si](C)(C)O[Si](C)(C)CCCC. The van der Waals surface area contributed by atoms with Crippen LogP contribution in [0.25, 0.3) is 0 Å². The Morgan fingerprint density at radius 3 is 0.688 bits per heavy atom. The van der Waals surface area contributed by atoms with Gasteiger partial charge in [-0.3, -0.25) is 0 Å². The van der Waals surface area contributed by atoms with E-state index in [1.54, 1.807) is 0 Å². The molecule has 0 spiro atoms. The van der Waals surface area contributed by atoms with Gasteiger partial charge in [0, 0.05) is 0 Å². The van der Waals surface area contributed by atoms with E-state index in [4.69, 9.17) is 49.4 Å².